The van der Waals surface area contributed by atoms with Gasteiger partial charge < -0.3 is 4.74 Å². The van der Waals surface area contributed by atoms with Crippen LogP contribution >= 0.6 is 27.5 Å². The van der Waals surface area contributed by atoms with Gasteiger partial charge in [-0.15, -0.1) is 0 Å². The van der Waals surface area contributed by atoms with Crippen LogP contribution in [0.2, 0.25) is 5.02 Å². The van der Waals surface area contributed by atoms with Gasteiger partial charge in [0.15, 0.2) is 0 Å². The summed E-state index contributed by atoms with van der Waals surface area (Å²) in [6.07, 6.45) is 2.44. The first-order valence-corrected chi connectivity index (χ1v) is 13.9. The number of halogens is 2. The molecule has 190 valence electrons. The predicted molar refractivity (Wildman–Crippen MR) is 144 cm³/mol. The van der Waals surface area contributed by atoms with Crippen LogP contribution in [0.4, 0.5) is 0 Å². The number of nitrogens with zero attached hydrogens (tertiary/aromatic N) is 3. The van der Waals surface area contributed by atoms with E-state index in [9.17, 15) is 18.5 Å². The number of hydrazone groups is 1. The summed E-state index contributed by atoms with van der Waals surface area (Å²) in [5.41, 5.74) is 4.48. The maximum Gasteiger partial charge on any atom is 0.258 e. The van der Waals surface area contributed by atoms with Crippen LogP contribution in [-0.2, 0) is 21.4 Å². The zero-order chi connectivity index (χ0) is 26.4. The van der Waals surface area contributed by atoms with Crippen molar-refractivity contribution in [1.82, 2.24) is 9.73 Å². The Labute approximate surface area is 228 Å². The largest absolute Gasteiger partial charge is 0.488 e. The summed E-state index contributed by atoms with van der Waals surface area (Å²) in [6, 6.07) is 19.7. The number of nitriles is 1. The molecule has 1 amide bonds. The van der Waals surface area contributed by atoms with Crippen molar-refractivity contribution in [3.8, 4) is 11.8 Å². The minimum absolute atomic E-state index is 0.0865. The maximum absolute atomic E-state index is 13.0. The van der Waals surface area contributed by atoms with E-state index in [0.29, 0.717) is 39.2 Å². The Hall–Kier alpha value is -3.23. The van der Waals surface area contributed by atoms with Gasteiger partial charge in [-0.05, 0) is 82.9 Å². The van der Waals surface area contributed by atoms with E-state index in [1.807, 2.05) is 12.1 Å². The first-order valence-electron chi connectivity index (χ1n) is 11.3. The highest BCUT2D eigenvalue weighted by Gasteiger charge is 2.39. The number of carbonyl (C=O) groups excluding carboxylic acids is 1. The third-order valence-electron chi connectivity index (χ3n) is 5.79. The van der Waals surface area contributed by atoms with E-state index in [1.54, 1.807) is 30.3 Å². The Morgan fingerprint density at radius 2 is 1.97 bits per heavy atom. The van der Waals surface area contributed by atoms with Crippen molar-refractivity contribution in [2.45, 2.75) is 30.4 Å². The highest BCUT2D eigenvalue weighted by atomic mass is 79.9. The van der Waals surface area contributed by atoms with E-state index in [2.05, 4.69) is 32.5 Å². The van der Waals surface area contributed by atoms with Crippen LogP contribution in [0, 0.1) is 11.3 Å². The molecule has 0 spiro atoms. The van der Waals surface area contributed by atoms with E-state index in [0.717, 1.165) is 5.56 Å². The average molecular weight is 602 g/mol. The molecule has 3 aromatic rings. The van der Waals surface area contributed by atoms with Gasteiger partial charge in [0.05, 0.1) is 27.2 Å². The Morgan fingerprint density at radius 1 is 1.22 bits per heavy atom. The second-order valence-electron chi connectivity index (χ2n) is 8.21. The van der Waals surface area contributed by atoms with Gasteiger partial charge in [0.1, 0.15) is 18.4 Å². The van der Waals surface area contributed by atoms with Crippen molar-refractivity contribution in [3.63, 3.8) is 0 Å². The molecular formula is C26H22BrClN4O4S. The Kier molecular flexibility index (Phi) is 8.61. The maximum atomic E-state index is 13.0. The molecule has 8 nitrogen and oxygen atoms in total. The van der Waals surface area contributed by atoms with E-state index in [1.165, 1.54) is 34.8 Å². The molecule has 11 heteroatoms. The average Bonchev–Trinajstić information content (AvgIpc) is 3.40. The molecule has 0 unspecified atom stereocenters. The van der Waals surface area contributed by atoms with Crippen molar-refractivity contribution in [2.24, 2.45) is 5.10 Å². The number of amides is 1. The van der Waals surface area contributed by atoms with Crippen LogP contribution in [0.3, 0.4) is 0 Å². The van der Waals surface area contributed by atoms with Gasteiger partial charge in [0.2, 0.25) is 10.0 Å². The van der Waals surface area contributed by atoms with Gasteiger partial charge in [-0.1, -0.05) is 29.8 Å². The number of benzene rings is 3. The minimum Gasteiger partial charge on any atom is -0.488 e. The summed E-state index contributed by atoms with van der Waals surface area (Å²) < 4.78 is 33.8. The third-order valence-corrected chi connectivity index (χ3v) is 8.59. The highest BCUT2D eigenvalue weighted by molar-refractivity contribution is 9.10. The fourth-order valence-corrected chi connectivity index (χ4v) is 6.20. The van der Waals surface area contributed by atoms with E-state index in [4.69, 9.17) is 16.3 Å². The van der Waals surface area contributed by atoms with Crippen LogP contribution in [0.5, 0.6) is 5.75 Å². The quantitative estimate of drug-likeness (QED) is 0.293. The fourth-order valence-electron chi connectivity index (χ4n) is 3.90. The summed E-state index contributed by atoms with van der Waals surface area (Å²) in [5, 5.41) is 13.7. The number of rotatable bonds is 8. The summed E-state index contributed by atoms with van der Waals surface area (Å²) in [4.78, 5) is 12.9. The molecule has 0 saturated carbocycles. The lowest BCUT2D eigenvalue weighted by molar-refractivity contribution is -0.124. The smallest absolute Gasteiger partial charge is 0.258 e. The molecule has 1 aliphatic rings. The fraction of sp³-hybridized carbons (Fsp3) is 0.192. The van der Waals surface area contributed by atoms with Gasteiger partial charge >= 0.3 is 0 Å². The van der Waals surface area contributed by atoms with Crippen molar-refractivity contribution < 1.29 is 17.9 Å². The summed E-state index contributed by atoms with van der Waals surface area (Å²) in [6.45, 7) is 0.489. The van der Waals surface area contributed by atoms with Crippen LogP contribution in [0.1, 0.15) is 29.5 Å². The lowest BCUT2D eigenvalue weighted by Gasteiger charge is -2.22. The first-order chi connectivity index (χ1) is 17.8. The van der Waals surface area contributed by atoms with Gasteiger partial charge in [0.25, 0.3) is 5.91 Å². The lowest BCUT2D eigenvalue weighted by Crippen LogP contribution is -2.44. The number of hydrogen-bond donors (Lipinski definition) is 1. The Morgan fingerprint density at radius 3 is 2.70 bits per heavy atom. The molecule has 0 aromatic heterocycles. The van der Waals surface area contributed by atoms with Crippen LogP contribution in [-0.4, -0.2) is 37.4 Å². The van der Waals surface area contributed by atoms with Gasteiger partial charge in [-0.25, -0.2) is 13.8 Å². The molecule has 4 rings (SSSR count). The first kappa shape index (κ1) is 26.8. The van der Waals surface area contributed by atoms with Crippen LogP contribution in [0.25, 0.3) is 0 Å². The molecule has 1 fully saturated rings. The minimum atomic E-state index is -3.84. The Bertz CT molecular complexity index is 1470. The third kappa shape index (κ3) is 6.37. The molecule has 1 aliphatic heterocycles. The zero-order valence-electron chi connectivity index (χ0n) is 19.5. The van der Waals surface area contributed by atoms with E-state index < -0.39 is 22.0 Å². The number of sulfonamides is 1. The summed E-state index contributed by atoms with van der Waals surface area (Å²) in [7, 11) is -3.84. The molecule has 37 heavy (non-hydrogen) atoms. The van der Waals surface area contributed by atoms with Crippen molar-refractivity contribution >= 4 is 49.7 Å². The SMILES string of the molecule is N#Cc1ccccc1COc1ccc(/C=N\NC(=O)[C@H]2CCCN2S(=O)(=O)c2ccc(Cl)cc2)cc1Br. The summed E-state index contributed by atoms with van der Waals surface area (Å²) in [5.74, 6) is 0.0874. The highest BCUT2D eigenvalue weighted by Crippen LogP contribution is 2.28. The van der Waals surface area contributed by atoms with Crippen LogP contribution < -0.4 is 10.2 Å². The number of ether oxygens (including phenoxy) is 1. The molecule has 1 heterocycles. The molecule has 0 bridgehead atoms. The van der Waals surface area contributed by atoms with Crippen molar-refractivity contribution in [2.75, 3.05) is 6.54 Å². The predicted octanol–water partition coefficient (Wildman–Crippen LogP) is 4.86. The zero-order valence-corrected chi connectivity index (χ0v) is 22.6. The molecular weight excluding hydrogens is 580 g/mol. The monoisotopic (exact) mass is 600 g/mol. The second-order valence-corrected chi connectivity index (χ2v) is 11.4. The molecule has 1 atom stereocenters. The number of carbonyl (C=O) groups is 1. The van der Waals surface area contributed by atoms with Gasteiger partial charge in [0, 0.05) is 17.1 Å². The van der Waals surface area contributed by atoms with Gasteiger partial charge in [-0.3, -0.25) is 4.79 Å². The standard InChI is InChI=1S/C26H22BrClN4O4S/c27-23-14-18(7-12-25(23)36-17-20-5-2-1-4-19(20)15-29)16-30-31-26(33)24-6-3-13-32(24)37(34,35)22-10-8-21(28)9-11-22/h1-2,4-5,7-12,14,16,24H,3,6,13,17H2,(H,31,33)/b30-16-/t24-/m1/s1. The topological polar surface area (TPSA) is 112 Å². The molecule has 0 radical (unpaired) electrons. The number of hydrogen-bond acceptors (Lipinski definition) is 6. The lowest BCUT2D eigenvalue weighted by atomic mass is 10.1. The van der Waals surface area contributed by atoms with Crippen molar-refractivity contribution in [3.05, 3.63) is 92.9 Å². The van der Waals surface area contributed by atoms with Crippen LogP contribution in [0.15, 0.2) is 81.2 Å². The molecule has 1 saturated heterocycles. The van der Waals surface area contributed by atoms with E-state index in [-0.39, 0.29) is 18.0 Å². The molecule has 0 aliphatic carbocycles. The second kappa shape index (κ2) is 11.9. The number of nitrogens with one attached hydrogen (secondary N) is 1. The van der Waals surface area contributed by atoms with Crippen molar-refractivity contribution in [1.29, 1.82) is 5.26 Å². The molecule has 1 N–H and O–H groups in total. The van der Waals surface area contributed by atoms with Gasteiger partial charge in [-0.2, -0.15) is 14.7 Å². The molecule has 3 aromatic carbocycles. The normalized spacial score (nSPS) is 16.0. The summed E-state index contributed by atoms with van der Waals surface area (Å²) >= 11 is 9.34. The van der Waals surface area contributed by atoms with E-state index >= 15 is 0 Å². The Balaban J connectivity index is 1.37.